The van der Waals surface area contributed by atoms with Gasteiger partial charge >= 0.3 is 0 Å². The topological polar surface area (TPSA) is 32.7 Å². The van der Waals surface area contributed by atoms with Gasteiger partial charge < -0.3 is 0 Å². The van der Waals surface area contributed by atoms with Crippen LogP contribution in [0.5, 0.6) is 0 Å². The third-order valence-electron chi connectivity index (χ3n) is 2.09. The van der Waals surface area contributed by atoms with E-state index in [0.717, 1.165) is 11.3 Å². The number of anilines is 1. The highest BCUT2D eigenvalue weighted by molar-refractivity contribution is 6.13. The Morgan fingerprint density at radius 3 is 3.00 bits per heavy atom. The zero-order valence-electron chi connectivity index (χ0n) is 8.40. The van der Waals surface area contributed by atoms with Crippen molar-refractivity contribution in [2.24, 2.45) is 4.99 Å². The molecule has 74 valence electrons. The van der Waals surface area contributed by atoms with Crippen LogP contribution >= 0.6 is 0 Å². The Bertz CT molecular complexity index is 480. The van der Waals surface area contributed by atoms with Gasteiger partial charge in [-0.05, 0) is 25.1 Å². The molecule has 0 radical (unpaired) electrons. The third kappa shape index (κ3) is 1.89. The Balaban J connectivity index is 2.35. The molecule has 0 atom stereocenters. The first kappa shape index (κ1) is 9.47. The van der Waals surface area contributed by atoms with Gasteiger partial charge in [0, 0.05) is 5.56 Å². The highest BCUT2D eigenvalue weighted by atomic mass is 16.2. The van der Waals surface area contributed by atoms with E-state index in [4.69, 9.17) is 0 Å². The summed E-state index contributed by atoms with van der Waals surface area (Å²) in [4.78, 5) is 16.9. The molecule has 15 heavy (non-hydrogen) atoms. The minimum Gasteiger partial charge on any atom is -0.272 e. The fourth-order valence-corrected chi connectivity index (χ4v) is 1.43. The van der Waals surface area contributed by atoms with Gasteiger partial charge in [0.2, 0.25) is 0 Å². The van der Waals surface area contributed by atoms with E-state index in [2.05, 4.69) is 16.8 Å². The zero-order valence-corrected chi connectivity index (χ0v) is 8.40. The van der Waals surface area contributed by atoms with Crippen molar-refractivity contribution < 1.29 is 4.79 Å². The molecule has 1 aliphatic heterocycles. The molecule has 1 amide bonds. The molecular formula is C12H10N2O. The van der Waals surface area contributed by atoms with Crippen molar-refractivity contribution in [3.63, 3.8) is 0 Å². The highest BCUT2D eigenvalue weighted by Gasteiger charge is 2.17. The first-order valence-corrected chi connectivity index (χ1v) is 4.66. The highest BCUT2D eigenvalue weighted by Crippen LogP contribution is 2.16. The van der Waals surface area contributed by atoms with Gasteiger partial charge in [-0.3, -0.25) is 14.7 Å². The monoisotopic (exact) mass is 198 g/mol. The lowest BCUT2D eigenvalue weighted by molar-refractivity contribution is -0.115. The number of carbonyl (C=O) groups is 1. The molecule has 1 aliphatic rings. The second kappa shape index (κ2) is 3.97. The number of carbonyl (C=O) groups excluding carboxylic acids is 1. The maximum atomic E-state index is 11.4. The van der Waals surface area contributed by atoms with Gasteiger partial charge in [0.1, 0.15) is 6.54 Å². The first-order valence-electron chi connectivity index (χ1n) is 4.66. The Morgan fingerprint density at radius 2 is 2.33 bits per heavy atom. The van der Waals surface area contributed by atoms with Crippen molar-refractivity contribution in [1.82, 2.24) is 0 Å². The average Bonchev–Trinajstić information content (AvgIpc) is 2.65. The normalized spacial score (nSPS) is 13.9. The van der Waals surface area contributed by atoms with Gasteiger partial charge in [0.25, 0.3) is 5.91 Å². The van der Waals surface area contributed by atoms with Gasteiger partial charge in [0.05, 0.1) is 12.0 Å². The summed E-state index contributed by atoms with van der Waals surface area (Å²) in [6.45, 7) is 2.03. The lowest BCUT2D eigenvalue weighted by Gasteiger charge is -2.11. The van der Waals surface area contributed by atoms with E-state index in [1.807, 2.05) is 24.3 Å². The predicted octanol–water partition coefficient (Wildman–Crippen LogP) is 1.43. The summed E-state index contributed by atoms with van der Waals surface area (Å²) in [5.41, 5.74) is 1.73. The fourth-order valence-electron chi connectivity index (χ4n) is 1.43. The molecular weight excluding hydrogens is 188 g/mol. The summed E-state index contributed by atoms with van der Waals surface area (Å²) in [5.74, 6) is 5.78. The molecule has 1 aromatic rings. The number of benzene rings is 1. The summed E-state index contributed by atoms with van der Waals surface area (Å²) < 4.78 is 0. The van der Waals surface area contributed by atoms with Crippen molar-refractivity contribution in [2.45, 2.75) is 6.92 Å². The van der Waals surface area contributed by atoms with Gasteiger partial charge in [-0.15, -0.1) is 5.92 Å². The molecule has 0 N–H and O–H groups in total. The van der Waals surface area contributed by atoms with Crippen LogP contribution in [0.3, 0.4) is 0 Å². The molecule has 3 heteroatoms. The van der Waals surface area contributed by atoms with Gasteiger partial charge in [-0.25, -0.2) is 0 Å². The van der Waals surface area contributed by atoms with Crippen LogP contribution in [0.1, 0.15) is 12.5 Å². The summed E-state index contributed by atoms with van der Waals surface area (Å²) in [7, 11) is 0. The van der Waals surface area contributed by atoms with Crippen molar-refractivity contribution in [3.8, 4) is 11.8 Å². The second-order valence-corrected chi connectivity index (χ2v) is 3.15. The van der Waals surface area contributed by atoms with E-state index in [-0.39, 0.29) is 12.5 Å². The molecule has 0 spiro atoms. The van der Waals surface area contributed by atoms with Crippen molar-refractivity contribution in [3.05, 3.63) is 29.8 Å². The fraction of sp³-hybridized carbons (Fsp3) is 0.167. The molecule has 2 rings (SSSR count). The molecule has 0 fully saturated rings. The smallest absolute Gasteiger partial charge is 0.253 e. The molecule has 0 bridgehead atoms. The molecule has 1 aromatic carbocycles. The average molecular weight is 198 g/mol. The van der Waals surface area contributed by atoms with Crippen LogP contribution in [0.4, 0.5) is 5.69 Å². The van der Waals surface area contributed by atoms with Crippen molar-refractivity contribution in [1.29, 1.82) is 0 Å². The molecule has 0 aliphatic carbocycles. The minimum absolute atomic E-state index is 0.00314. The van der Waals surface area contributed by atoms with Crippen LogP contribution in [0.25, 0.3) is 0 Å². The number of aliphatic imine (C=N–C) groups is 1. The lowest BCUT2D eigenvalue weighted by Crippen LogP contribution is -2.25. The number of amides is 1. The number of rotatable bonds is 1. The van der Waals surface area contributed by atoms with E-state index in [9.17, 15) is 4.79 Å². The summed E-state index contributed by atoms with van der Waals surface area (Å²) >= 11 is 0. The van der Waals surface area contributed by atoms with E-state index >= 15 is 0 Å². The first-order chi connectivity index (χ1) is 7.31. The van der Waals surface area contributed by atoms with E-state index in [1.54, 1.807) is 18.2 Å². The van der Waals surface area contributed by atoms with Crippen molar-refractivity contribution >= 4 is 17.9 Å². The summed E-state index contributed by atoms with van der Waals surface area (Å²) in [5, 5.41) is 0. The number of nitrogens with zero attached hydrogens (tertiary/aromatic N) is 2. The lowest BCUT2D eigenvalue weighted by atomic mass is 10.2. The quantitative estimate of drug-likeness (QED) is 0.628. The maximum Gasteiger partial charge on any atom is 0.253 e. The van der Waals surface area contributed by atoms with Crippen LogP contribution in [0.2, 0.25) is 0 Å². The second-order valence-electron chi connectivity index (χ2n) is 3.15. The molecule has 0 saturated heterocycles. The molecule has 0 saturated carbocycles. The largest absolute Gasteiger partial charge is 0.272 e. The molecule has 0 unspecified atom stereocenters. The Kier molecular flexibility index (Phi) is 2.51. The Hall–Kier alpha value is -2.08. The molecule has 0 aromatic heterocycles. The summed E-state index contributed by atoms with van der Waals surface area (Å²) in [6.07, 6.45) is 1.56. The maximum absolute atomic E-state index is 11.4. The van der Waals surface area contributed by atoms with Crippen LogP contribution in [0.15, 0.2) is 29.3 Å². The number of hydrogen-bond donors (Lipinski definition) is 0. The van der Waals surface area contributed by atoms with E-state index in [1.165, 1.54) is 0 Å². The minimum atomic E-state index is -0.00314. The van der Waals surface area contributed by atoms with Gasteiger partial charge in [0.15, 0.2) is 0 Å². The van der Waals surface area contributed by atoms with Crippen LogP contribution in [0, 0.1) is 11.8 Å². The van der Waals surface area contributed by atoms with Crippen LogP contribution < -0.4 is 4.90 Å². The van der Waals surface area contributed by atoms with E-state index in [0.29, 0.717) is 0 Å². The van der Waals surface area contributed by atoms with Crippen LogP contribution in [-0.4, -0.2) is 18.8 Å². The van der Waals surface area contributed by atoms with Gasteiger partial charge in [-0.2, -0.15) is 0 Å². The van der Waals surface area contributed by atoms with Crippen molar-refractivity contribution in [2.75, 3.05) is 11.4 Å². The SMILES string of the molecule is CC#Cc1cccc(N2C=NCC2=O)c1. The molecule has 1 heterocycles. The Labute approximate surface area is 88.4 Å². The number of hydrogen-bond acceptors (Lipinski definition) is 2. The standard InChI is InChI=1S/C12H10N2O/c1-2-4-10-5-3-6-11(7-10)14-9-13-8-12(14)15/h3,5-7,9H,8H2,1H3. The molecule has 3 nitrogen and oxygen atoms in total. The summed E-state index contributed by atoms with van der Waals surface area (Å²) in [6, 6.07) is 7.55. The predicted molar refractivity (Wildman–Crippen MR) is 59.8 cm³/mol. The third-order valence-corrected chi connectivity index (χ3v) is 2.09. The zero-order chi connectivity index (χ0) is 10.7. The Morgan fingerprint density at radius 1 is 1.47 bits per heavy atom. The van der Waals surface area contributed by atoms with Gasteiger partial charge in [-0.1, -0.05) is 12.0 Å². The van der Waals surface area contributed by atoms with Crippen LogP contribution in [-0.2, 0) is 4.79 Å². The van der Waals surface area contributed by atoms with E-state index < -0.39 is 0 Å².